The summed E-state index contributed by atoms with van der Waals surface area (Å²) in [5.41, 5.74) is 1.63. The SMILES string of the molecule is CCNc1cc(C)nc(COc2ccc(F)cc2C)n1. The first-order valence-electron chi connectivity index (χ1n) is 6.56. The van der Waals surface area contributed by atoms with Crippen LogP contribution in [0.5, 0.6) is 5.75 Å². The monoisotopic (exact) mass is 275 g/mol. The second kappa shape index (κ2) is 6.32. The molecule has 0 spiro atoms. The second-order valence-corrected chi connectivity index (χ2v) is 4.54. The van der Waals surface area contributed by atoms with E-state index in [0.717, 1.165) is 23.6 Å². The fraction of sp³-hybridized carbons (Fsp3) is 0.333. The van der Waals surface area contributed by atoms with Crippen LogP contribution in [0, 0.1) is 19.7 Å². The highest BCUT2D eigenvalue weighted by Gasteiger charge is 2.05. The molecule has 0 aliphatic carbocycles. The lowest BCUT2D eigenvalue weighted by molar-refractivity contribution is 0.293. The summed E-state index contributed by atoms with van der Waals surface area (Å²) in [4.78, 5) is 8.69. The molecule has 0 saturated heterocycles. The third kappa shape index (κ3) is 3.66. The normalized spacial score (nSPS) is 10.4. The van der Waals surface area contributed by atoms with E-state index in [4.69, 9.17) is 4.74 Å². The molecule has 20 heavy (non-hydrogen) atoms. The van der Waals surface area contributed by atoms with Gasteiger partial charge in [-0.3, -0.25) is 0 Å². The molecule has 4 nitrogen and oxygen atoms in total. The Hall–Kier alpha value is -2.17. The second-order valence-electron chi connectivity index (χ2n) is 4.54. The Kier molecular flexibility index (Phi) is 4.50. The van der Waals surface area contributed by atoms with Gasteiger partial charge in [-0.2, -0.15) is 0 Å². The Morgan fingerprint density at radius 2 is 2.00 bits per heavy atom. The number of rotatable bonds is 5. The van der Waals surface area contributed by atoms with E-state index < -0.39 is 0 Å². The summed E-state index contributed by atoms with van der Waals surface area (Å²) in [6.07, 6.45) is 0. The molecule has 1 N–H and O–H groups in total. The maximum absolute atomic E-state index is 13.0. The molecular formula is C15H18FN3O. The summed E-state index contributed by atoms with van der Waals surface area (Å²) in [6, 6.07) is 6.32. The molecule has 2 rings (SSSR count). The number of hydrogen-bond donors (Lipinski definition) is 1. The Labute approximate surface area is 118 Å². The number of aromatic nitrogens is 2. The molecule has 2 aromatic rings. The number of benzene rings is 1. The smallest absolute Gasteiger partial charge is 0.168 e. The predicted molar refractivity (Wildman–Crippen MR) is 76.4 cm³/mol. The van der Waals surface area contributed by atoms with Crippen molar-refractivity contribution in [3.63, 3.8) is 0 Å². The average Bonchev–Trinajstić information content (AvgIpc) is 2.37. The first kappa shape index (κ1) is 14.2. The van der Waals surface area contributed by atoms with Crippen LogP contribution in [0.2, 0.25) is 0 Å². The summed E-state index contributed by atoms with van der Waals surface area (Å²) >= 11 is 0. The van der Waals surface area contributed by atoms with Crippen molar-refractivity contribution in [3.05, 3.63) is 47.2 Å². The molecule has 0 bridgehead atoms. The van der Waals surface area contributed by atoms with Crippen molar-refractivity contribution < 1.29 is 9.13 Å². The first-order valence-corrected chi connectivity index (χ1v) is 6.56. The molecule has 0 aliphatic rings. The zero-order valence-electron chi connectivity index (χ0n) is 11.9. The maximum atomic E-state index is 13.0. The molecule has 1 aromatic heterocycles. The molecule has 5 heteroatoms. The van der Waals surface area contributed by atoms with Gasteiger partial charge < -0.3 is 10.1 Å². The standard InChI is InChI=1S/C15H18FN3O/c1-4-17-14-8-11(3)18-15(19-14)9-20-13-6-5-12(16)7-10(13)2/h5-8H,4,9H2,1-3H3,(H,17,18,19). The van der Waals surface area contributed by atoms with Gasteiger partial charge in [0, 0.05) is 18.3 Å². The number of hydrogen-bond acceptors (Lipinski definition) is 4. The Morgan fingerprint density at radius 3 is 2.70 bits per heavy atom. The van der Waals surface area contributed by atoms with Crippen molar-refractivity contribution in [2.24, 2.45) is 0 Å². The third-order valence-corrected chi connectivity index (χ3v) is 2.75. The minimum absolute atomic E-state index is 0.256. The number of nitrogens with zero attached hydrogens (tertiary/aromatic N) is 2. The van der Waals surface area contributed by atoms with Crippen LogP contribution in [-0.4, -0.2) is 16.5 Å². The van der Waals surface area contributed by atoms with E-state index in [9.17, 15) is 4.39 Å². The Morgan fingerprint density at radius 1 is 1.20 bits per heavy atom. The summed E-state index contributed by atoms with van der Waals surface area (Å²) < 4.78 is 18.7. The number of ether oxygens (including phenoxy) is 1. The van der Waals surface area contributed by atoms with Crippen LogP contribution in [0.25, 0.3) is 0 Å². The van der Waals surface area contributed by atoms with Crippen molar-refractivity contribution >= 4 is 5.82 Å². The minimum Gasteiger partial charge on any atom is -0.485 e. The van der Waals surface area contributed by atoms with Crippen molar-refractivity contribution in [3.8, 4) is 5.75 Å². The fourth-order valence-corrected chi connectivity index (χ4v) is 1.88. The van der Waals surface area contributed by atoms with Crippen LogP contribution in [-0.2, 0) is 6.61 Å². The van der Waals surface area contributed by atoms with Crippen molar-refractivity contribution in [2.45, 2.75) is 27.4 Å². The van der Waals surface area contributed by atoms with E-state index in [1.165, 1.54) is 12.1 Å². The molecular weight excluding hydrogens is 257 g/mol. The van der Waals surface area contributed by atoms with Crippen LogP contribution in [0.1, 0.15) is 24.0 Å². The van der Waals surface area contributed by atoms with Gasteiger partial charge in [0.15, 0.2) is 5.82 Å². The Balaban J connectivity index is 2.10. The zero-order chi connectivity index (χ0) is 14.5. The van der Waals surface area contributed by atoms with Crippen LogP contribution < -0.4 is 10.1 Å². The minimum atomic E-state index is -0.268. The highest BCUT2D eigenvalue weighted by atomic mass is 19.1. The van der Waals surface area contributed by atoms with Gasteiger partial charge in [-0.15, -0.1) is 0 Å². The van der Waals surface area contributed by atoms with Gasteiger partial charge in [0.1, 0.15) is 24.0 Å². The predicted octanol–water partition coefficient (Wildman–Crippen LogP) is 3.24. The molecule has 1 heterocycles. The Bertz CT molecular complexity index is 602. The first-order chi connectivity index (χ1) is 9.58. The van der Waals surface area contributed by atoms with Gasteiger partial charge in [-0.1, -0.05) is 0 Å². The van der Waals surface area contributed by atoms with E-state index >= 15 is 0 Å². The molecule has 0 amide bonds. The van der Waals surface area contributed by atoms with Crippen LogP contribution >= 0.6 is 0 Å². The summed E-state index contributed by atoms with van der Waals surface area (Å²) in [5, 5.41) is 3.15. The van der Waals surface area contributed by atoms with E-state index in [0.29, 0.717) is 11.6 Å². The summed E-state index contributed by atoms with van der Waals surface area (Å²) in [7, 11) is 0. The van der Waals surface area contributed by atoms with Crippen LogP contribution in [0.3, 0.4) is 0 Å². The van der Waals surface area contributed by atoms with Crippen LogP contribution in [0.15, 0.2) is 24.3 Å². The van der Waals surface area contributed by atoms with Gasteiger partial charge in [0.25, 0.3) is 0 Å². The number of nitrogens with one attached hydrogen (secondary N) is 1. The fourth-order valence-electron chi connectivity index (χ4n) is 1.88. The molecule has 0 atom stereocenters. The van der Waals surface area contributed by atoms with Crippen LogP contribution in [0.4, 0.5) is 10.2 Å². The molecule has 0 fully saturated rings. The topological polar surface area (TPSA) is 47.0 Å². The number of anilines is 1. The molecule has 106 valence electrons. The highest BCUT2D eigenvalue weighted by Crippen LogP contribution is 2.19. The lowest BCUT2D eigenvalue weighted by Gasteiger charge is -2.10. The van der Waals surface area contributed by atoms with Gasteiger partial charge in [-0.05, 0) is 44.5 Å². The highest BCUT2D eigenvalue weighted by molar-refractivity contribution is 5.36. The lowest BCUT2D eigenvalue weighted by atomic mass is 10.2. The van der Waals surface area contributed by atoms with Gasteiger partial charge in [-0.25, -0.2) is 14.4 Å². The van der Waals surface area contributed by atoms with Gasteiger partial charge in [0.05, 0.1) is 0 Å². The molecule has 0 unspecified atom stereocenters. The molecule has 0 radical (unpaired) electrons. The summed E-state index contributed by atoms with van der Waals surface area (Å²) in [5.74, 6) is 1.76. The zero-order valence-corrected chi connectivity index (χ0v) is 11.9. The number of halogens is 1. The number of aryl methyl sites for hydroxylation is 2. The lowest BCUT2D eigenvalue weighted by Crippen LogP contribution is -2.07. The van der Waals surface area contributed by atoms with Gasteiger partial charge in [0.2, 0.25) is 0 Å². The molecule has 0 saturated carbocycles. The van der Waals surface area contributed by atoms with Crippen molar-refractivity contribution in [1.82, 2.24) is 9.97 Å². The van der Waals surface area contributed by atoms with E-state index in [1.54, 1.807) is 13.0 Å². The quantitative estimate of drug-likeness (QED) is 0.910. The van der Waals surface area contributed by atoms with Crippen molar-refractivity contribution in [1.29, 1.82) is 0 Å². The van der Waals surface area contributed by atoms with E-state index in [-0.39, 0.29) is 12.4 Å². The third-order valence-electron chi connectivity index (χ3n) is 2.75. The molecule has 1 aromatic carbocycles. The summed E-state index contributed by atoms with van der Waals surface area (Å²) in [6.45, 7) is 6.78. The van der Waals surface area contributed by atoms with E-state index in [2.05, 4.69) is 15.3 Å². The maximum Gasteiger partial charge on any atom is 0.168 e. The van der Waals surface area contributed by atoms with Crippen molar-refractivity contribution in [2.75, 3.05) is 11.9 Å². The van der Waals surface area contributed by atoms with Gasteiger partial charge >= 0.3 is 0 Å². The van der Waals surface area contributed by atoms with E-state index in [1.807, 2.05) is 19.9 Å². The molecule has 0 aliphatic heterocycles. The largest absolute Gasteiger partial charge is 0.485 e. The average molecular weight is 275 g/mol.